The maximum absolute atomic E-state index is 12.2. The molecule has 1 unspecified atom stereocenters. The average Bonchev–Trinajstić information content (AvgIpc) is 2.90. The molecule has 1 N–H and O–H groups in total. The van der Waals surface area contributed by atoms with Crippen LogP contribution < -0.4 is 5.32 Å². The van der Waals surface area contributed by atoms with Crippen LogP contribution in [0.25, 0.3) is 0 Å². The lowest BCUT2D eigenvalue weighted by molar-refractivity contribution is 0.0220. The highest BCUT2D eigenvalue weighted by Crippen LogP contribution is 2.22. The normalized spacial score (nSPS) is 18.3. The van der Waals surface area contributed by atoms with Gasteiger partial charge in [0.25, 0.3) is 0 Å². The van der Waals surface area contributed by atoms with Gasteiger partial charge in [-0.25, -0.2) is 4.79 Å². The first-order chi connectivity index (χ1) is 10.8. The van der Waals surface area contributed by atoms with Crippen LogP contribution >= 0.6 is 15.9 Å². The Balaban J connectivity index is 1.75. The number of nitrogens with one attached hydrogen (secondary N) is 1. The quantitative estimate of drug-likeness (QED) is 0.770. The van der Waals surface area contributed by atoms with Gasteiger partial charge in [0, 0.05) is 23.6 Å². The van der Waals surface area contributed by atoms with Gasteiger partial charge in [-0.05, 0) is 64.3 Å². The van der Waals surface area contributed by atoms with Crippen LogP contribution in [0, 0.1) is 0 Å². The van der Waals surface area contributed by atoms with Gasteiger partial charge >= 0.3 is 6.09 Å². The number of ether oxygens (including phenoxy) is 1. The van der Waals surface area contributed by atoms with Crippen molar-refractivity contribution in [3.05, 3.63) is 34.3 Å². The Morgan fingerprint density at radius 2 is 2.22 bits per heavy atom. The summed E-state index contributed by atoms with van der Waals surface area (Å²) in [5.41, 5.74) is 0.832. The third-order valence-corrected chi connectivity index (χ3v) is 4.37. The van der Waals surface area contributed by atoms with Gasteiger partial charge in [0.2, 0.25) is 0 Å². The molecule has 1 fully saturated rings. The zero-order valence-electron chi connectivity index (χ0n) is 14.3. The zero-order chi connectivity index (χ0) is 16.9. The van der Waals surface area contributed by atoms with E-state index in [1.807, 2.05) is 37.8 Å². The molecular weight excluding hydrogens is 356 g/mol. The summed E-state index contributed by atoms with van der Waals surface area (Å²) in [6, 6.07) is 8.60. The molecule has 0 bridgehead atoms. The van der Waals surface area contributed by atoms with E-state index in [2.05, 4.69) is 33.4 Å². The number of carbonyl (C=O) groups is 1. The second-order valence-corrected chi connectivity index (χ2v) is 7.98. The molecule has 1 heterocycles. The van der Waals surface area contributed by atoms with Gasteiger partial charge in [0.05, 0.1) is 0 Å². The van der Waals surface area contributed by atoms with E-state index >= 15 is 0 Å². The van der Waals surface area contributed by atoms with Crippen molar-refractivity contribution in [2.75, 3.05) is 13.1 Å². The van der Waals surface area contributed by atoms with Crippen molar-refractivity contribution in [3.63, 3.8) is 0 Å². The Hall–Kier alpha value is -1.07. The summed E-state index contributed by atoms with van der Waals surface area (Å²) in [7, 11) is 0. The number of rotatable bonds is 5. The lowest BCUT2D eigenvalue weighted by atomic mass is 10.1. The van der Waals surface area contributed by atoms with Crippen LogP contribution in [-0.4, -0.2) is 35.7 Å². The highest BCUT2D eigenvalue weighted by molar-refractivity contribution is 9.10. The number of likely N-dealkylation sites (tertiary alicyclic amines) is 1. The average molecular weight is 383 g/mol. The van der Waals surface area contributed by atoms with Crippen LogP contribution in [0.2, 0.25) is 0 Å². The molecule has 1 saturated heterocycles. The van der Waals surface area contributed by atoms with Crippen molar-refractivity contribution in [2.24, 2.45) is 0 Å². The molecule has 0 aromatic heterocycles. The largest absolute Gasteiger partial charge is 0.444 e. The van der Waals surface area contributed by atoms with Crippen molar-refractivity contribution >= 4 is 22.0 Å². The van der Waals surface area contributed by atoms with E-state index in [-0.39, 0.29) is 6.09 Å². The van der Waals surface area contributed by atoms with Crippen LogP contribution in [0.3, 0.4) is 0 Å². The molecule has 1 aliphatic heterocycles. The molecule has 2 rings (SSSR count). The Kier molecular flexibility index (Phi) is 6.48. The first-order valence-electron chi connectivity index (χ1n) is 8.30. The summed E-state index contributed by atoms with van der Waals surface area (Å²) in [6.07, 6.45) is 2.92. The van der Waals surface area contributed by atoms with E-state index < -0.39 is 5.60 Å². The molecule has 0 saturated carbocycles. The second kappa shape index (κ2) is 8.15. The fourth-order valence-electron chi connectivity index (χ4n) is 2.85. The van der Waals surface area contributed by atoms with Crippen molar-refractivity contribution in [2.45, 2.75) is 58.2 Å². The summed E-state index contributed by atoms with van der Waals surface area (Å²) in [4.78, 5) is 14.1. The molecule has 23 heavy (non-hydrogen) atoms. The topological polar surface area (TPSA) is 41.6 Å². The van der Waals surface area contributed by atoms with Crippen LogP contribution in [0.5, 0.6) is 0 Å². The Morgan fingerprint density at radius 3 is 2.91 bits per heavy atom. The van der Waals surface area contributed by atoms with Crippen molar-refractivity contribution in [1.29, 1.82) is 0 Å². The van der Waals surface area contributed by atoms with Crippen molar-refractivity contribution in [1.82, 2.24) is 10.2 Å². The number of carbonyl (C=O) groups excluding carboxylic acids is 1. The van der Waals surface area contributed by atoms with Gasteiger partial charge in [-0.3, -0.25) is 0 Å². The fraction of sp³-hybridized carbons (Fsp3) is 0.611. The second-order valence-electron chi connectivity index (χ2n) is 7.07. The lowest BCUT2D eigenvalue weighted by Crippen LogP contribution is -2.40. The molecule has 1 atom stereocenters. The lowest BCUT2D eigenvalue weighted by Gasteiger charge is -2.28. The molecular formula is C18H27BrN2O2. The van der Waals surface area contributed by atoms with E-state index in [1.165, 1.54) is 5.56 Å². The molecule has 0 spiro atoms. The number of amides is 1. The summed E-state index contributed by atoms with van der Waals surface area (Å²) in [6.45, 7) is 8.29. The minimum atomic E-state index is -0.427. The minimum absolute atomic E-state index is 0.174. The van der Waals surface area contributed by atoms with E-state index in [4.69, 9.17) is 4.74 Å². The van der Waals surface area contributed by atoms with Crippen LogP contribution in [-0.2, 0) is 11.3 Å². The van der Waals surface area contributed by atoms with E-state index in [9.17, 15) is 4.79 Å². The maximum Gasteiger partial charge on any atom is 0.410 e. The first-order valence-corrected chi connectivity index (χ1v) is 9.09. The molecule has 0 aliphatic carbocycles. The Labute approximate surface area is 147 Å². The summed E-state index contributed by atoms with van der Waals surface area (Å²) in [5.74, 6) is 0. The molecule has 128 valence electrons. The van der Waals surface area contributed by atoms with Gasteiger partial charge < -0.3 is 15.0 Å². The van der Waals surface area contributed by atoms with Crippen molar-refractivity contribution in [3.8, 4) is 0 Å². The summed E-state index contributed by atoms with van der Waals surface area (Å²) >= 11 is 3.49. The Morgan fingerprint density at radius 1 is 1.43 bits per heavy atom. The predicted molar refractivity (Wildman–Crippen MR) is 96.4 cm³/mol. The minimum Gasteiger partial charge on any atom is -0.444 e. The Bertz CT molecular complexity index is 528. The molecule has 5 heteroatoms. The molecule has 1 aromatic carbocycles. The van der Waals surface area contributed by atoms with E-state index in [0.717, 1.165) is 43.4 Å². The monoisotopic (exact) mass is 382 g/mol. The predicted octanol–water partition coefficient (Wildman–Crippen LogP) is 4.33. The summed E-state index contributed by atoms with van der Waals surface area (Å²) in [5, 5.41) is 3.46. The number of nitrogens with zero attached hydrogens (tertiary/aromatic N) is 1. The highest BCUT2D eigenvalue weighted by Gasteiger charge is 2.31. The molecule has 1 aromatic rings. The number of halogens is 1. The molecule has 1 aliphatic rings. The first kappa shape index (κ1) is 18.3. The van der Waals surface area contributed by atoms with Crippen LogP contribution in [0.1, 0.15) is 45.6 Å². The third kappa shape index (κ3) is 6.15. The summed E-state index contributed by atoms with van der Waals surface area (Å²) < 4.78 is 6.60. The molecule has 1 amide bonds. The third-order valence-electron chi connectivity index (χ3n) is 3.88. The number of benzene rings is 1. The van der Waals surface area contributed by atoms with E-state index in [0.29, 0.717) is 6.04 Å². The smallest absolute Gasteiger partial charge is 0.410 e. The van der Waals surface area contributed by atoms with Crippen molar-refractivity contribution < 1.29 is 9.53 Å². The van der Waals surface area contributed by atoms with Gasteiger partial charge in [-0.2, -0.15) is 0 Å². The standard InChI is InChI=1S/C18H27BrN2O2/c1-18(2,3)23-17(22)21-11-5-8-16(21)9-10-20-13-14-6-4-7-15(19)12-14/h4,6-7,12,16,20H,5,8-11,13H2,1-3H3. The molecule has 0 radical (unpaired) electrons. The van der Waals surface area contributed by atoms with Crippen LogP contribution in [0.15, 0.2) is 28.7 Å². The maximum atomic E-state index is 12.2. The fourth-order valence-corrected chi connectivity index (χ4v) is 3.29. The molecule has 4 nitrogen and oxygen atoms in total. The van der Waals surface area contributed by atoms with Gasteiger partial charge in [-0.1, -0.05) is 28.1 Å². The SMILES string of the molecule is CC(C)(C)OC(=O)N1CCCC1CCNCc1cccc(Br)c1. The van der Waals surface area contributed by atoms with Gasteiger partial charge in [-0.15, -0.1) is 0 Å². The van der Waals surface area contributed by atoms with E-state index in [1.54, 1.807) is 0 Å². The number of hydrogen-bond acceptors (Lipinski definition) is 3. The zero-order valence-corrected chi connectivity index (χ0v) is 15.9. The highest BCUT2D eigenvalue weighted by atomic mass is 79.9. The van der Waals surface area contributed by atoms with Crippen LogP contribution in [0.4, 0.5) is 4.79 Å². The van der Waals surface area contributed by atoms with Gasteiger partial charge in [0.1, 0.15) is 5.60 Å². The van der Waals surface area contributed by atoms with Gasteiger partial charge in [0.15, 0.2) is 0 Å². The number of hydrogen-bond donors (Lipinski definition) is 1.